The number of halogens is 1. The molecule has 1 aliphatic heterocycles. The lowest BCUT2D eigenvalue weighted by molar-refractivity contribution is -0.121. The molecule has 1 aromatic heterocycles. The summed E-state index contributed by atoms with van der Waals surface area (Å²) in [4.78, 5) is 12.8. The van der Waals surface area contributed by atoms with E-state index < -0.39 is 10.0 Å². The minimum Gasteiger partial charge on any atom is -0.407 e. The van der Waals surface area contributed by atoms with Crippen molar-refractivity contribution in [3.05, 3.63) is 70.6 Å². The highest BCUT2D eigenvalue weighted by atomic mass is 35.5. The van der Waals surface area contributed by atoms with Crippen molar-refractivity contribution in [1.82, 2.24) is 14.5 Å². The van der Waals surface area contributed by atoms with Crippen LogP contribution in [-0.2, 0) is 27.7 Å². The number of benzene rings is 2. The van der Waals surface area contributed by atoms with Gasteiger partial charge in [-0.3, -0.25) is 10.1 Å². The first-order chi connectivity index (χ1) is 15.8. The van der Waals surface area contributed by atoms with Crippen molar-refractivity contribution in [2.75, 3.05) is 18.4 Å². The molecule has 0 saturated carbocycles. The van der Waals surface area contributed by atoms with E-state index in [9.17, 15) is 13.2 Å². The molecule has 0 radical (unpaired) electrons. The summed E-state index contributed by atoms with van der Waals surface area (Å²) >= 11 is 5.85. The molecular formula is C23H25ClN4O4S. The minimum atomic E-state index is -3.62. The van der Waals surface area contributed by atoms with Gasteiger partial charge in [-0.25, -0.2) is 8.42 Å². The second kappa shape index (κ2) is 10.0. The molecule has 0 atom stereocenters. The minimum absolute atomic E-state index is 0.0522. The number of nitrogens with one attached hydrogen (secondary N) is 1. The van der Waals surface area contributed by atoms with E-state index >= 15 is 0 Å². The van der Waals surface area contributed by atoms with Crippen LogP contribution in [0.5, 0.6) is 0 Å². The van der Waals surface area contributed by atoms with Gasteiger partial charge in [0.25, 0.3) is 0 Å². The molecule has 174 valence electrons. The Morgan fingerprint density at radius 2 is 1.70 bits per heavy atom. The number of hydrogen-bond acceptors (Lipinski definition) is 6. The Morgan fingerprint density at radius 3 is 2.33 bits per heavy atom. The smallest absolute Gasteiger partial charge is 0.322 e. The molecular weight excluding hydrogens is 464 g/mol. The highest BCUT2D eigenvalue weighted by Gasteiger charge is 2.32. The van der Waals surface area contributed by atoms with E-state index in [1.165, 1.54) is 22.0 Å². The van der Waals surface area contributed by atoms with Crippen molar-refractivity contribution in [2.45, 2.75) is 37.5 Å². The van der Waals surface area contributed by atoms with E-state index in [-0.39, 0.29) is 35.8 Å². The van der Waals surface area contributed by atoms with Crippen LogP contribution in [0.1, 0.15) is 36.8 Å². The van der Waals surface area contributed by atoms with E-state index in [2.05, 4.69) is 34.6 Å². The molecule has 3 aromatic rings. The molecule has 2 aromatic carbocycles. The van der Waals surface area contributed by atoms with Gasteiger partial charge in [0.15, 0.2) is 0 Å². The largest absolute Gasteiger partial charge is 0.407 e. The molecule has 0 spiro atoms. The van der Waals surface area contributed by atoms with Crippen LogP contribution in [0.15, 0.2) is 57.8 Å². The Hall–Kier alpha value is -2.75. The molecule has 0 unspecified atom stereocenters. The van der Waals surface area contributed by atoms with Gasteiger partial charge in [0.2, 0.25) is 21.8 Å². The Balaban J connectivity index is 1.31. The van der Waals surface area contributed by atoms with Crippen molar-refractivity contribution < 1.29 is 17.6 Å². The van der Waals surface area contributed by atoms with Gasteiger partial charge in [-0.2, -0.15) is 4.31 Å². The van der Waals surface area contributed by atoms with Crippen molar-refractivity contribution in [3.63, 3.8) is 0 Å². The fourth-order valence-corrected chi connectivity index (χ4v) is 5.36. The maximum Gasteiger partial charge on any atom is 0.322 e. The quantitative estimate of drug-likeness (QED) is 0.540. The fraction of sp³-hybridized carbons (Fsp3) is 0.348. The Morgan fingerprint density at radius 1 is 1.06 bits per heavy atom. The van der Waals surface area contributed by atoms with Gasteiger partial charge < -0.3 is 4.42 Å². The molecule has 1 aliphatic rings. The first-order valence-electron chi connectivity index (χ1n) is 10.8. The molecule has 2 heterocycles. The van der Waals surface area contributed by atoms with E-state index in [4.69, 9.17) is 16.0 Å². The van der Waals surface area contributed by atoms with Gasteiger partial charge >= 0.3 is 6.01 Å². The summed E-state index contributed by atoms with van der Waals surface area (Å²) in [5.41, 5.74) is 2.30. The predicted octanol–water partition coefficient (Wildman–Crippen LogP) is 3.92. The average Bonchev–Trinajstić information content (AvgIpc) is 3.26. The number of anilines is 1. The van der Waals surface area contributed by atoms with Gasteiger partial charge in [0, 0.05) is 24.0 Å². The lowest BCUT2D eigenvalue weighted by Gasteiger charge is -2.30. The fourth-order valence-electron chi connectivity index (χ4n) is 3.76. The van der Waals surface area contributed by atoms with Gasteiger partial charge in [-0.05, 0) is 54.7 Å². The zero-order chi connectivity index (χ0) is 23.4. The SMILES string of the molecule is CCc1ccc(Cc2nnc(NC(=O)C3CCN(S(=O)(=O)c4ccc(Cl)cc4)CC3)o2)cc1. The number of hydrogen-bond donors (Lipinski definition) is 1. The van der Waals surface area contributed by atoms with Crippen molar-refractivity contribution >= 4 is 33.5 Å². The summed E-state index contributed by atoms with van der Waals surface area (Å²) in [7, 11) is -3.62. The number of aryl methyl sites for hydroxylation is 1. The van der Waals surface area contributed by atoms with E-state index in [0.29, 0.717) is 30.2 Å². The van der Waals surface area contributed by atoms with Crippen LogP contribution >= 0.6 is 11.6 Å². The summed E-state index contributed by atoms with van der Waals surface area (Å²) in [6, 6.07) is 14.3. The van der Waals surface area contributed by atoms with Crippen LogP contribution in [-0.4, -0.2) is 41.9 Å². The third-order valence-corrected chi connectivity index (χ3v) is 7.92. The lowest BCUT2D eigenvalue weighted by Crippen LogP contribution is -2.41. The predicted molar refractivity (Wildman–Crippen MR) is 124 cm³/mol. The summed E-state index contributed by atoms with van der Waals surface area (Å²) < 4.78 is 32.6. The summed E-state index contributed by atoms with van der Waals surface area (Å²) in [5, 5.41) is 11.1. The summed E-state index contributed by atoms with van der Waals surface area (Å²) in [5.74, 6) is -0.168. The van der Waals surface area contributed by atoms with Gasteiger partial charge in [0.05, 0.1) is 11.3 Å². The molecule has 33 heavy (non-hydrogen) atoms. The highest BCUT2D eigenvalue weighted by molar-refractivity contribution is 7.89. The molecule has 1 fully saturated rings. The highest BCUT2D eigenvalue weighted by Crippen LogP contribution is 2.25. The monoisotopic (exact) mass is 488 g/mol. The van der Waals surface area contributed by atoms with E-state index in [1.807, 2.05) is 12.1 Å². The molecule has 1 saturated heterocycles. The Kier molecular flexibility index (Phi) is 7.11. The zero-order valence-corrected chi connectivity index (χ0v) is 19.8. The summed E-state index contributed by atoms with van der Waals surface area (Å²) in [6.07, 6.45) is 2.27. The van der Waals surface area contributed by atoms with Crippen LogP contribution in [0.3, 0.4) is 0 Å². The average molecular weight is 489 g/mol. The van der Waals surface area contributed by atoms with Gasteiger partial charge in [-0.15, -0.1) is 5.10 Å². The van der Waals surface area contributed by atoms with Crippen molar-refractivity contribution in [2.24, 2.45) is 5.92 Å². The van der Waals surface area contributed by atoms with Crippen LogP contribution in [0.25, 0.3) is 0 Å². The summed E-state index contributed by atoms with van der Waals surface area (Å²) in [6.45, 7) is 2.61. The van der Waals surface area contributed by atoms with Crippen molar-refractivity contribution in [3.8, 4) is 0 Å². The van der Waals surface area contributed by atoms with Crippen LogP contribution < -0.4 is 5.32 Å². The first-order valence-corrected chi connectivity index (χ1v) is 12.6. The third kappa shape index (κ3) is 5.61. The third-order valence-electron chi connectivity index (χ3n) is 5.76. The van der Waals surface area contributed by atoms with E-state index in [0.717, 1.165) is 12.0 Å². The number of carbonyl (C=O) groups excluding carboxylic acids is 1. The van der Waals surface area contributed by atoms with Gasteiger partial charge in [-0.1, -0.05) is 47.9 Å². The molecule has 8 nitrogen and oxygen atoms in total. The molecule has 0 aliphatic carbocycles. The normalized spacial score (nSPS) is 15.5. The standard InChI is InChI=1S/C23H25ClN4O4S/c1-2-16-3-5-17(6-4-16)15-21-26-27-23(32-21)25-22(29)18-11-13-28(14-12-18)33(30,31)20-9-7-19(24)8-10-20/h3-10,18H,2,11-15H2,1H3,(H,25,27,29). The maximum atomic E-state index is 12.8. The number of piperidine rings is 1. The van der Waals surface area contributed by atoms with Gasteiger partial charge in [0.1, 0.15) is 0 Å². The van der Waals surface area contributed by atoms with Crippen LogP contribution in [0, 0.1) is 5.92 Å². The number of carbonyl (C=O) groups is 1. The molecule has 1 N–H and O–H groups in total. The number of aromatic nitrogens is 2. The topological polar surface area (TPSA) is 105 Å². The Bertz CT molecular complexity index is 1200. The zero-order valence-electron chi connectivity index (χ0n) is 18.2. The second-order valence-electron chi connectivity index (χ2n) is 7.97. The molecule has 0 bridgehead atoms. The molecule has 10 heteroatoms. The maximum absolute atomic E-state index is 12.8. The van der Waals surface area contributed by atoms with E-state index in [1.54, 1.807) is 12.1 Å². The number of amides is 1. The Labute approximate surface area is 198 Å². The number of rotatable bonds is 7. The van der Waals surface area contributed by atoms with Crippen molar-refractivity contribution in [1.29, 1.82) is 0 Å². The molecule has 1 amide bonds. The number of nitrogens with zero attached hydrogens (tertiary/aromatic N) is 3. The molecule has 4 rings (SSSR count). The van der Waals surface area contributed by atoms with Crippen LogP contribution in [0.4, 0.5) is 6.01 Å². The second-order valence-corrected chi connectivity index (χ2v) is 10.3. The lowest BCUT2D eigenvalue weighted by atomic mass is 9.97. The first kappa shape index (κ1) is 23.4. The van der Waals surface area contributed by atoms with Crippen LogP contribution in [0.2, 0.25) is 5.02 Å². The number of sulfonamides is 1.